The molecule has 26 heavy (non-hydrogen) atoms. The minimum Gasteiger partial charge on any atom is -0.349 e. The molecule has 0 amide bonds. The summed E-state index contributed by atoms with van der Waals surface area (Å²) in [5, 5.41) is 10.9. The third-order valence-corrected chi connectivity index (χ3v) is 5.00. The number of rotatable bonds is 3. The lowest BCUT2D eigenvalue weighted by Crippen LogP contribution is -2.17. The molecule has 0 N–H and O–H groups in total. The Bertz CT molecular complexity index is 1030. The smallest absolute Gasteiger partial charge is 0.269 e. The SMILES string of the molecule is O=[N+]([O-])c1ccc(C2C3C(c4ccccc4)=Nc4ccccc4N32)cc1. The van der Waals surface area contributed by atoms with Gasteiger partial charge in [0.2, 0.25) is 0 Å². The standard InChI is InChI=1S/C21H15N3O2/c25-24(26)16-12-10-15(11-13-16)20-21-19(14-6-2-1-3-7-14)22-17-8-4-5-9-18(17)23(20)21/h1-13,20-21H. The van der Waals surface area contributed by atoms with Crippen molar-refractivity contribution in [2.24, 2.45) is 4.99 Å². The predicted molar refractivity (Wildman–Crippen MR) is 101 cm³/mol. The van der Waals surface area contributed by atoms with Gasteiger partial charge in [-0.15, -0.1) is 0 Å². The highest BCUT2D eigenvalue weighted by Gasteiger charge is 2.54. The minimum absolute atomic E-state index is 0.115. The van der Waals surface area contributed by atoms with E-state index in [-0.39, 0.29) is 22.7 Å². The Morgan fingerprint density at radius 2 is 1.54 bits per heavy atom. The Hall–Kier alpha value is -3.47. The van der Waals surface area contributed by atoms with Crippen molar-refractivity contribution in [2.45, 2.75) is 12.1 Å². The summed E-state index contributed by atoms with van der Waals surface area (Å²) >= 11 is 0. The summed E-state index contributed by atoms with van der Waals surface area (Å²) in [6.07, 6.45) is 0. The average molecular weight is 341 g/mol. The van der Waals surface area contributed by atoms with Crippen molar-refractivity contribution in [1.82, 2.24) is 0 Å². The molecule has 2 unspecified atom stereocenters. The van der Waals surface area contributed by atoms with E-state index in [2.05, 4.69) is 23.1 Å². The second-order valence-corrected chi connectivity index (χ2v) is 6.50. The van der Waals surface area contributed by atoms with Crippen LogP contribution in [-0.2, 0) is 0 Å². The van der Waals surface area contributed by atoms with Gasteiger partial charge in [-0.05, 0) is 23.3 Å². The van der Waals surface area contributed by atoms with Gasteiger partial charge in [-0.3, -0.25) is 10.1 Å². The highest BCUT2D eigenvalue weighted by molar-refractivity contribution is 6.14. The number of para-hydroxylation sites is 2. The second-order valence-electron chi connectivity index (χ2n) is 6.50. The van der Waals surface area contributed by atoms with Crippen LogP contribution >= 0.6 is 0 Å². The quantitative estimate of drug-likeness (QED) is 0.395. The first-order valence-electron chi connectivity index (χ1n) is 8.50. The molecule has 3 aromatic rings. The fourth-order valence-corrected chi connectivity index (χ4v) is 3.77. The number of fused-ring (bicyclic) bond motifs is 3. The Labute approximate surface area is 150 Å². The number of nitro groups is 1. The van der Waals surface area contributed by atoms with Crippen LogP contribution in [-0.4, -0.2) is 16.7 Å². The van der Waals surface area contributed by atoms with Gasteiger partial charge in [0, 0.05) is 12.1 Å². The first-order chi connectivity index (χ1) is 12.7. The molecular weight excluding hydrogens is 326 g/mol. The molecular formula is C21H15N3O2. The molecule has 0 aromatic heterocycles. The van der Waals surface area contributed by atoms with Gasteiger partial charge in [0.15, 0.2) is 0 Å². The summed E-state index contributed by atoms with van der Waals surface area (Å²) in [5.41, 5.74) is 5.42. The predicted octanol–water partition coefficient (Wildman–Crippen LogP) is 4.66. The average Bonchev–Trinajstić information content (AvgIpc) is 3.44. The molecule has 2 aliphatic rings. The van der Waals surface area contributed by atoms with Crippen molar-refractivity contribution >= 4 is 22.8 Å². The number of nitro benzene ring substituents is 1. The first kappa shape index (κ1) is 14.8. The summed E-state index contributed by atoms with van der Waals surface area (Å²) in [5.74, 6) is 0. The normalized spacial score (nSPS) is 20.0. The number of non-ortho nitro benzene ring substituents is 1. The van der Waals surface area contributed by atoms with Crippen LogP contribution in [0.4, 0.5) is 17.1 Å². The van der Waals surface area contributed by atoms with E-state index in [1.54, 1.807) is 12.1 Å². The van der Waals surface area contributed by atoms with Crippen molar-refractivity contribution < 1.29 is 4.92 Å². The van der Waals surface area contributed by atoms with Crippen molar-refractivity contribution in [1.29, 1.82) is 0 Å². The van der Waals surface area contributed by atoms with E-state index in [1.807, 2.05) is 48.5 Å². The largest absolute Gasteiger partial charge is 0.349 e. The highest BCUT2D eigenvalue weighted by atomic mass is 16.6. The van der Waals surface area contributed by atoms with Crippen LogP contribution in [0, 0.1) is 10.1 Å². The van der Waals surface area contributed by atoms with Crippen molar-refractivity contribution in [3.8, 4) is 0 Å². The van der Waals surface area contributed by atoms with Crippen LogP contribution < -0.4 is 4.90 Å². The van der Waals surface area contributed by atoms with Gasteiger partial charge < -0.3 is 4.90 Å². The van der Waals surface area contributed by atoms with E-state index in [9.17, 15) is 10.1 Å². The molecule has 3 aromatic carbocycles. The monoisotopic (exact) mass is 341 g/mol. The third kappa shape index (κ3) is 2.21. The van der Waals surface area contributed by atoms with Gasteiger partial charge in [-0.25, -0.2) is 4.99 Å². The van der Waals surface area contributed by atoms with Gasteiger partial charge in [0.25, 0.3) is 5.69 Å². The summed E-state index contributed by atoms with van der Waals surface area (Å²) in [6, 6.07) is 25.5. The lowest BCUT2D eigenvalue weighted by atomic mass is 10.0. The minimum atomic E-state index is -0.365. The molecule has 0 spiro atoms. The zero-order valence-electron chi connectivity index (χ0n) is 13.8. The summed E-state index contributed by atoms with van der Waals surface area (Å²) in [6.45, 7) is 0. The van der Waals surface area contributed by atoms with Crippen LogP contribution in [0.3, 0.4) is 0 Å². The second kappa shape index (κ2) is 5.52. The molecule has 0 saturated carbocycles. The van der Waals surface area contributed by atoms with Crippen LogP contribution in [0.5, 0.6) is 0 Å². The third-order valence-electron chi connectivity index (χ3n) is 5.00. The molecule has 2 heterocycles. The lowest BCUT2D eigenvalue weighted by Gasteiger charge is -2.16. The molecule has 1 saturated heterocycles. The molecule has 5 nitrogen and oxygen atoms in total. The molecule has 2 aliphatic heterocycles. The van der Waals surface area contributed by atoms with Gasteiger partial charge in [-0.2, -0.15) is 0 Å². The summed E-state index contributed by atoms with van der Waals surface area (Å²) in [4.78, 5) is 17.8. The lowest BCUT2D eigenvalue weighted by molar-refractivity contribution is -0.384. The number of nitrogens with zero attached hydrogens (tertiary/aromatic N) is 3. The number of aliphatic imine (C=N–C) groups is 1. The van der Waals surface area contributed by atoms with Crippen LogP contribution in [0.15, 0.2) is 83.9 Å². The molecule has 2 atom stereocenters. The molecule has 0 bridgehead atoms. The molecule has 126 valence electrons. The van der Waals surface area contributed by atoms with E-state index < -0.39 is 0 Å². The Morgan fingerprint density at radius 3 is 2.27 bits per heavy atom. The number of benzene rings is 3. The molecule has 1 fully saturated rings. The number of hydrogen-bond donors (Lipinski definition) is 0. The molecule has 0 aliphatic carbocycles. The van der Waals surface area contributed by atoms with E-state index in [4.69, 9.17) is 4.99 Å². The Morgan fingerprint density at radius 1 is 0.846 bits per heavy atom. The van der Waals surface area contributed by atoms with E-state index in [0.717, 1.165) is 28.2 Å². The van der Waals surface area contributed by atoms with Gasteiger partial charge >= 0.3 is 0 Å². The van der Waals surface area contributed by atoms with Crippen LogP contribution in [0.25, 0.3) is 0 Å². The first-order valence-corrected chi connectivity index (χ1v) is 8.50. The number of anilines is 1. The number of hydrogen-bond acceptors (Lipinski definition) is 4. The zero-order valence-corrected chi connectivity index (χ0v) is 13.8. The van der Waals surface area contributed by atoms with Crippen LogP contribution in [0.1, 0.15) is 17.2 Å². The van der Waals surface area contributed by atoms with E-state index in [1.165, 1.54) is 0 Å². The topological polar surface area (TPSA) is 58.5 Å². The van der Waals surface area contributed by atoms with Gasteiger partial charge in [-0.1, -0.05) is 54.6 Å². The summed E-state index contributed by atoms with van der Waals surface area (Å²) in [7, 11) is 0. The molecule has 5 rings (SSSR count). The maximum Gasteiger partial charge on any atom is 0.269 e. The molecule has 5 heteroatoms. The summed E-state index contributed by atoms with van der Waals surface area (Å²) < 4.78 is 0. The van der Waals surface area contributed by atoms with Crippen molar-refractivity contribution in [3.05, 3.63) is 100 Å². The Balaban J connectivity index is 1.59. The fourth-order valence-electron chi connectivity index (χ4n) is 3.77. The Kier molecular flexibility index (Phi) is 3.15. The molecule has 0 radical (unpaired) electrons. The van der Waals surface area contributed by atoms with Crippen molar-refractivity contribution in [3.63, 3.8) is 0 Å². The van der Waals surface area contributed by atoms with Crippen LogP contribution in [0.2, 0.25) is 0 Å². The zero-order chi connectivity index (χ0) is 17.7. The maximum atomic E-state index is 10.9. The van der Waals surface area contributed by atoms with E-state index >= 15 is 0 Å². The van der Waals surface area contributed by atoms with Gasteiger partial charge in [0.05, 0.1) is 34.1 Å². The van der Waals surface area contributed by atoms with Gasteiger partial charge in [0.1, 0.15) is 0 Å². The highest BCUT2D eigenvalue weighted by Crippen LogP contribution is 2.54. The fraction of sp³-hybridized carbons (Fsp3) is 0.0952. The van der Waals surface area contributed by atoms with E-state index in [0.29, 0.717) is 0 Å². The maximum absolute atomic E-state index is 10.9. The van der Waals surface area contributed by atoms with Crippen molar-refractivity contribution in [2.75, 3.05) is 4.90 Å².